The van der Waals surface area contributed by atoms with Crippen molar-refractivity contribution in [2.75, 3.05) is 0 Å². The maximum absolute atomic E-state index is 2.66. The number of allylic oxidation sites excluding steroid dienone is 4. The van der Waals surface area contributed by atoms with Crippen LogP contribution in [0, 0.1) is 6.92 Å². The van der Waals surface area contributed by atoms with E-state index in [9.17, 15) is 0 Å². The van der Waals surface area contributed by atoms with E-state index in [4.69, 9.17) is 0 Å². The van der Waals surface area contributed by atoms with Crippen LogP contribution in [0.15, 0.2) is 170 Å². The van der Waals surface area contributed by atoms with Crippen molar-refractivity contribution < 1.29 is 0 Å². The summed E-state index contributed by atoms with van der Waals surface area (Å²) in [5, 5.41) is 5.44. The first kappa shape index (κ1) is 32.1. The van der Waals surface area contributed by atoms with Crippen molar-refractivity contribution in [3.05, 3.63) is 198 Å². The highest BCUT2D eigenvalue weighted by molar-refractivity contribution is 6.13. The molecule has 0 spiro atoms. The van der Waals surface area contributed by atoms with E-state index in [0.717, 1.165) is 32.1 Å². The molecule has 2 heteroatoms. The Morgan fingerprint density at radius 3 is 1.82 bits per heavy atom. The molecule has 2 aliphatic rings. The number of rotatable bonds is 4. The van der Waals surface area contributed by atoms with E-state index in [1.165, 1.54) is 99.4 Å². The molecule has 9 aromatic rings. The zero-order valence-corrected chi connectivity index (χ0v) is 31.2. The standard InChI is InChI=1S/C53H42N2/c1-35-39-23-24-42-30-36(31-48-46-33-40(37-14-6-2-7-15-37)25-28-50(46)54(52(42)48)43-18-10-4-11-19-43)22-27-45(35)53-49(32-39)47-34-41(38-16-8-3-9-17-38)26-29-51(47)55(53)44-20-12-5-13-21-44/h2-18,20-21,25-26,28-34,43H,19,22-24,27H2,1H3. The lowest BCUT2D eigenvalue weighted by Crippen LogP contribution is -2.10. The predicted molar refractivity (Wildman–Crippen MR) is 233 cm³/mol. The van der Waals surface area contributed by atoms with Gasteiger partial charge in [-0.15, -0.1) is 0 Å². The molecule has 0 saturated carbocycles. The molecule has 2 heterocycles. The van der Waals surface area contributed by atoms with Gasteiger partial charge < -0.3 is 9.13 Å². The molecule has 1 unspecified atom stereocenters. The normalized spacial score (nSPS) is 15.4. The summed E-state index contributed by atoms with van der Waals surface area (Å²) in [5.74, 6) is 0. The van der Waals surface area contributed by atoms with E-state index in [1.54, 1.807) is 0 Å². The number of nitrogens with zero attached hydrogens (tertiary/aromatic N) is 2. The Bertz CT molecular complexity index is 2990. The van der Waals surface area contributed by atoms with Gasteiger partial charge in [-0.1, -0.05) is 121 Å². The molecule has 0 N–H and O–H groups in total. The van der Waals surface area contributed by atoms with Crippen molar-refractivity contribution in [2.45, 2.75) is 45.1 Å². The fraction of sp³-hybridized carbons (Fsp3) is 0.132. The summed E-state index contributed by atoms with van der Waals surface area (Å²) in [5.41, 5.74) is 18.9. The Balaban J connectivity index is 1.13. The lowest BCUT2D eigenvalue weighted by atomic mass is 9.87. The van der Waals surface area contributed by atoms with E-state index >= 15 is 0 Å². The monoisotopic (exact) mass is 706 g/mol. The summed E-state index contributed by atoms with van der Waals surface area (Å²) in [6, 6.07) is 54.8. The molecule has 2 aromatic heterocycles. The average Bonchev–Trinajstić information content (AvgIpc) is 3.75. The lowest BCUT2D eigenvalue weighted by Gasteiger charge is -2.22. The highest BCUT2D eigenvalue weighted by Crippen LogP contribution is 2.43. The van der Waals surface area contributed by atoms with Crippen LogP contribution in [-0.2, 0) is 25.7 Å². The molecule has 4 bridgehead atoms. The molecule has 264 valence electrons. The van der Waals surface area contributed by atoms with Crippen LogP contribution in [0.2, 0.25) is 0 Å². The lowest BCUT2D eigenvalue weighted by molar-refractivity contribution is 0.645. The van der Waals surface area contributed by atoms with Gasteiger partial charge in [0.2, 0.25) is 0 Å². The average molecular weight is 707 g/mol. The predicted octanol–water partition coefficient (Wildman–Crippen LogP) is 13.5. The first-order valence-electron chi connectivity index (χ1n) is 19.9. The SMILES string of the molecule is Cc1c2cc3c4cc(-c5ccccc5)ccc4n(-c4ccccc4)c3c1CCc1cc(c3c(c1)c1cc(-c4ccccc4)ccc1n3C1C=CC=CC1)CC2. The van der Waals surface area contributed by atoms with Crippen LogP contribution in [0.1, 0.15) is 40.3 Å². The third-order valence-electron chi connectivity index (χ3n) is 12.4. The molecule has 11 rings (SSSR count). The van der Waals surface area contributed by atoms with Crippen molar-refractivity contribution in [3.8, 4) is 27.9 Å². The first-order valence-corrected chi connectivity index (χ1v) is 19.9. The summed E-state index contributed by atoms with van der Waals surface area (Å²) in [6.45, 7) is 2.39. The maximum atomic E-state index is 2.66. The smallest absolute Gasteiger partial charge is 0.0576 e. The summed E-state index contributed by atoms with van der Waals surface area (Å²) in [6.07, 6.45) is 14.1. The van der Waals surface area contributed by atoms with Crippen LogP contribution in [0.5, 0.6) is 0 Å². The zero-order valence-electron chi connectivity index (χ0n) is 31.2. The number of benzene rings is 7. The minimum Gasteiger partial charge on any atom is -0.333 e. The molecule has 0 saturated heterocycles. The molecule has 0 aliphatic heterocycles. The van der Waals surface area contributed by atoms with Gasteiger partial charge in [0.05, 0.1) is 22.6 Å². The summed E-state index contributed by atoms with van der Waals surface area (Å²) >= 11 is 0. The number of fused-ring (bicyclic) bond motifs is 12. The Hall–Kier alpha value is -6.38. The van der Waals surface area contributed by atoms with Crippen LogP contribution in [0.4, 0.5) is 0 Å². The fourth-order valence-electron chi connectivity index (χ4n) is 9.75. The van der Waals surface area contributed by atoms with Gasteiger partial charge in [-0.05, 0) is 138 Å². The number of hydrogen-bond donors (Lipinski definition) is 0. The van der Waals surface area contributed by atoms with Gasteiger partial charge in [0.15, 0.2) is 0 Å². The van der Waals surface area contributed by atoms with Gasteiger partial charge in [-0.25, -0.2) is 0 Å². The van der Waals surface area contributed by atoms with E-state index in [0.29, 0.717) is 0 Å². The molecule has 2 nitrogen and oxygen atoms in total. The fourth-order valence-corrected chi connectivity index (χ4v) is 9.75. The van der Waals surface area contributed by atoms with Gasteiger partial charge in [0, 0.05) is 32.7 Å². The second kappa shape index (κ2) is 12.9. The topological polar surface area (TPSA) is 9.86 Å². The van der Waals surface area contributed by atoms with E-state index in [-0.39, 0.29) is 6.04 Å². The van der Waals surface area contributed by atoms with Gasteiger partial charge >= 0.3 is 0 Å². The third-order valence-corrected chi connectivity index (χ3v) is 12.4. The van der Waals surface area contributed by atoms with Crippen molar-refractivity contribution in [2.24, 2.45) is 0 Å². The van der Waals surface area contributed by atoms with Gasteiger partial charge in [0.25, 0.3) is 0 Å². The van der Waals surface area contributed by atoms with Gasteiger partial charge in [0.1, 0.15) is 0 Å². The van der Waals surface area contributed by atoms with Crippen LogP contribution in [0.3, 0.4) is 0 Å². The highest BCUT2D eigenvalue weighted by atomic mass is 15.0. The second-order valence-electron chi connectivity index (χ2n) is 15.5. The number of para-hydroxylation sites is 1. The summed E-state index contributed by atoms with van der Waals surface area (Å²) in [7, 11) is 0. The molecule has 1 atom stereocenters. The molecule has 0 amide bonds. The number of aryl methyl sites for hydroxylation is 4. The first-order chi connectivity index (χ1) is 27.2. The molecule has 0 radical (unpaired) electrons. The zero-order chi connectivity index (χ0) is 36.5. The number of hydrogen-bond acceptors (Lipinski definition) is 0. The van der Waals surface area contributed by atoms with Gasteiger partial charge in [-0.2, -0.15) is 0 Å². The molecule has 2 aliphatic carbocycles. The van der Waals surface area contributed by atoms with Crippen LogP contribution < -0.4 is 0 Å². The molecule has 7 aromatic carbocycles. The molecular formula is C53H42N2. The van der Waals surface area contributed by atoms with Crippen molar-refractivity contribution in [3.63, 3.8) is 0 Å². The van der Waals surface area contributed by atoms with Crippen LogP contribution >= 0.6 is 0 Å². The van der Waals surface area contributed by atoms with E-state index in [1.807, 2.05) is 0 Å². The van der Waals surface area contributed by atoms with Gasteiger partial charge in [-0.3, -0.25) is 0 Å². The number of aromatic nitrogens is 2. The largest absolute Gasteiger partial charge is 0.333 e. The van der Waals surface area contributed by atoms with Crippen LogP contribution in [-0.4, -0.2) is 9.13 Å². The molecule has 55 heavy (non-hydrogen) atoms. The van der Waals surface area contributed by atoms with Crippen molar-refractivity contribution >= 4 is 43.6 Å². The Morgan fingerprint density at radius 2 is 1.13 bits per heavy atom. The van der Waals surface area contributed by atoms with Crippen LogP contribution in [0.25, 0.3) is 71.6 Å². The second-order valence-corrected chi connectivity index (χ2v) is 15.5. The minimum atomic E-state index is 0.290. The van der Waals surface area contributed by atoms with Crippen molar-refractivity contribution in [1.29, 1.82) is 0 Å². The molecular weight excluding hydrogens is 665 g/mol. The summed E-state index contributed by atoms with van der Waals surface area (Å²) in [4.78, 5) is 0. The summed E-state index contributed by atoms with van der Waals surface area (Å²) < 4.78 is 5.20. The Morgan fingerprint density at radius 1 is 0.491 bits per heavy atom. The Kier molecular flexibility index (Phi) is 7.52. The molecule has 0 fully saturated rings. The highest BCUT2D eigenvalue weighted by Gasteiger charge is 2.24. The van der Waals surface area contributed by atoms with E-state index in [2.05, 4.69) is 186 Å². The quantitative estimate of drug-likeness (QED) is 0.172. The van der Waals surface area contributed by atoms with E-state index < -0.39 is 0 Å². The third kappa shape index (κ3) is 5.23. The van der Waals surface area contributed by atoms with Crippen molar-refractivity contribution in [1.82, 2.24) is 9.13 Å². The minimum absolute atomic E-state index is 0.290. The Labute approximate surface area is 322 Å². The maximum Gasteiger partial charge on any atom is 0.0576 e.